The number of rotatable bonds is 3. The average molecular weight is 254 g/mol. The molecule has 100 valence electrons. The number of aliphatic carboxylic acids is 1. The second kappa shape index (κ2) is 8.92. The average Bonchev–Trinajstić information content (AvgIpc) is 2.28. The fourth-order valence-corrected chi connectivity index (χ4v) is 0.382. The van der Waals surface area contributed by atoms with Crippen LogP contribution in [0.1, 0.15) is 27.7 Å². The van der Waals surface area contributed by atoms with Crippen molar-refractivity contribution in [3.63, 3.8) is 0 Å². The lowest BCUT2D eigenvalue weighted by atomic mass is 10.3. The topological polar surface area (TPSA) is 80.7 Å². The molecule has 0 amide bonds. The summed E-state index contributed by atoms with van der Waals surface area (Å²) in [5.74, 6) is -2.27. The van der Waals surface area contributed by atoms with Crippen molar-refractivity contribution in [2.45, 2.75) is 27.7 Å². The van der Waals surface area contributed by atoms with Crippen molar-refractivity contribution in [1.29, 1.82) is 0 Å². The summed E-state index contributed by atoms with van der Waals surface area (Å²) in [7, 11) is 0. The van der Waals surface area contributed by atoms with Gasteiger partial charge < -0.3 is 9.84 Å². The van der Waals surface area contributed by atoms with Gasteiger partial charge in [0.1, 0.15) is 0 Å². The predicted octanol–water partition coefficient (Wildman–Crippen LogP) is 2.25. The molecule has 0 rings (SSSR count). The van der Waals surface area contributed by atoms with E-state index in [0.717, 1.165) is 0 Å². The number of esters is 2. The first kappa shape index (κ1) is 18.2. The van der Waals surface area contributed by atoms with Gasteiger partial charge in [0.2, 0.25) is 0 Å². The SMILES string of the molecule is C=C(C)C(=O)OC(=O)C(=C)C.CC=C(C)C(=O)O. The quantitative estimate of drug-likeness (QED) is 0.474. The van der Waals surface area contributed by atoms with Crippen LogP contribution in [-0.2, 0) is 19.1 Å². The lowest BCUT2D eigenvalue weighted by Crippen LogP contribution is -2.12. The van der Waals surface area contributed by atoms with Gasteiger partial charge in [-0.05, 0) is 27.7 Å². The second-order valence-corrected chi connectivity index (χ2v) is 3.51. The van der Waals surface area contributed by atoms with E-state index in [4.69, 9.17) is 5.11 Å². The summed E-state index contributed by atoms with van der Waals surface area (Å²) in [6, 6.07) is 0. The first-order valence-corrected chi connectivity index (χ1v) is 5.07. The van der Waals surface area contributed by atoms with Gasteiger partial charge in [0, 0.05) is 16.7 Å². The molecule has 0 atom stereocenters. The van der Waals surface area contributed by atoms with E-state index in [0.29, 0.717) is 5.57 Å². The van der Waals surface area contributed by atoms with Gasteiger partial charge in [0.25, 0.3) is 0 Å². The highest BCUT2D eigenvalue weighted by Crippen LogP contribution is 1.97. The molecular formula is C13H18O5. The standard InChI is InChI=1S/C8H10O3.C5H8O2/c1-5(2)7(9)11-8(10)6(3)4;1-3-4(2)5(6)7/h1,3H2,2,4H3;3H,1-2H3,(H,6,7). The van der Waals surface area contributed by atoms with Crippen molar-refractivity contribution in [3.05, 3.63) is 36.0 Å². The molecule has 0 aromatic carbocycles. The van der Waals surface area contributed by atoms with Crippen LogP contribution in [0.2, 0.25) is 0 Å². The van der Waals surface area contributed by atoms with Crippen molar-refractivity contribution in [2.75, 3.05) is 0 Å². The summed E-state index contributed by atoms with van der Waals surface area (Å²) in [6.45, 7) is 12.8. The van der Waals surface area contributed by atoms with E-state index in [-0.39, 0.29) is 11.1 Å². The molecule has 0 aliphatic heterocycles. The molecule has 1 N–H and O–H groups in total. The fraction of sp³-hybridized carbons (Fsp3) is 0.308. The zero-order chi connectivity index (χ0) is 14.9. The lowest BCUT2D eigenvalue weighted by molar-refractivity contribution is -0.154. The molecule has 0 aromatic rings. The molecule has 0 bridgehead atoms. The summed E-state index contributed by atoms with van der Waals surface area (Å²) < 4.78 is 4.30. The zero-order valence-electron chi connectivity index (χ0n) is 11.1. The maximum absolute atomic E-state index is 10.7. The van der Waals surface area contributed by atoms with Crippen molar-refractivity contribution in [3.8, 4) is 0 Å². The Morgan fingerprint density at radius 2 is 1.33 bits per heavy atom. The van der Waals surface area contributed by atoms with Gasteiger partial charge in [0.05, 0.1) is 0 Å². The first-order valence-electron chi connectivity index (χ1n) is 5.07. The van der Waals surface area contributed by atoms with Crippen molar-refractivity contribution < 1.29 is 24.2 Å². The Hall–Kier alpha value is -2.17. The van der Waals surface area contributed by atoms with E-state index in [1.165, 1.54) is 13.8 Å². The third kappa shape index (κ3) is 9.08. The second-order valence-electron chi connectivity index (χ2n) is 3.51. The predicted molar refractivity (Wildman–Crippen MR) is 67.8 cm³/mol. The molecule has 18 heavy (non-hydrogen) atoms. The highest BCUT2D eigenvalue weighted by molar-refractivity contribution is 6.00. The first-order chi connectivity index (χ1) is 8.13. The van der Waals surface area contributed by atoms with E-state index < -0.39 is 17.9 Å². The van der Waals surface area contributed by atoms with Crippen LogP contribution < -0.4 is 0 Å². The minimum absolute atomic E-state index is 0.194. The van der Waals surface area contributed by atoms with E-state index in [2.05, 4.69) is 17.9 Å². The van der Waals surface area contributed by atoms with Crippen LogP contribution >= 0.6 is 0 Å². The largest absolute Gasteiger partial charge is 0.478 e. The molecule has 0 unspecified atom stereocenters. The van der Waals surface area contributed by atoms with Crippen LogP contribution in [0, 0.1) is 0 Å². The molecule has 0 aliphatic rings. The van der Waals surface area contributed by atoms with Gasteiger partial charge in [-0.15, -0.1) is 0 Å². The number of hydrogen-bond donors (Lipinski definition) is 1. The van der Waals surface area contributed by atoms with Crippen LogP contribution in [0.4, 0.5) is 0 Å². The maximum atomic E-state index is 10.7. The maximum Gasteiger partial charge on any atom is 0.340 e. The smallest absolute Gasteiger partial charge is 0.340 e. The van der Waals surface area contributed by atoms with Crippen LogP contribution in [0.15, 0.2) is 36.0 Å². The molecule has 0 radical (unpaired) electrons. The van der Waals surface area contributed by atoms with Crippen LogP contribution in [0.25, 0.3) is 0 Å². The van der Waals surface area contributed by atoms with E-state index in [1.807, 2.05) is 0 Å². The number of carboxylic acid groups (broad SMARTS) is 1. The van der Waals surface area contributed by atoms with Gasteiger partial charge in [0.15, 0.2) is 0 Å². The summed E-state index contributed by atoms with van der Waals surface area (Å²) >= 11 is 0. The molecule has 0 aliphatic carbocycles. The Kier molecular flexibility index (Phi) is 9.02. The minimum atomic E-state index is -0.845. The number of carbonyl (C=O) groups excluding carboxylic acids is 2. The number of carbonyl (C=O) groups is 3. The number of ether oxygens (including phenoxy) is 1. The van der Waals surface area contributed by atoms with Gasteiger partial charge in [-0.3, -0.25) is 0 Å². The van der Waals surface area contributed by atoms with Gasteiger partial charge in [-0.1, -0.05) is 19.2 Å². The lowest BCUT2D eigenvalue weighted by Gasteiger charge is -1.99. The Labute approximate surface area is 106 Å². The summed E-state index contributed by atoms with van der Waals surface area (Å²) in [5, 5.41) is 8.11. The molecule has 0 heterocycles. The summed E-state index contributed by atoms with van der Waals surface area (Å²) in [5.41, 5.74) is 0.777. The molecule has 0 saturated heterocycles. The molecule has 0 spiro atoms. The van der Waals surface area contributed by atoms with Crippen molar-refractivity contribution in [2.24, 2.45) is 0 Å². The van der Waals surface area contributed by atoms with E-state index >= 15 is 0 Å². The minimum Gasteiger partial charge on any atom is -0.478 e. The van der Waals surface area contributed by atoms with Gasteiger partial charge in [-0.25, -0.2) is 14.4 Å². The fourth-order valence-electron chi connectivity index (χ4n) is 0.382. The Morgan fingerprint density at radius 3 is 1.44 bits per heavy atom. The number of hydrogen-bond acceptors (Lipinski definition) is 4. The highest BCUT2D eigenvalue weighted by Gasteiger charge is 2.10. The van der Waals surface area contributed by atoms with Crippen LogP contribution in [0.3, 0.4) is 0 Å². The van der Waals surface area contributed by atoms with Crippen LogP contribution in [-0.4, -0.2) is 23.0 Å². The Morgan fingerprint density at radius 1 is 1.00 bits per heavy atom. The number of carboxylic acids is 1. The highest BCUT2D eigenvalue weighted by atomic mass is 16.6. The third-order valence-electron chi connectivity index (χ3n) is 1.65. The molecular weight excluding hydrogens is 236 g/mol. The molecule has 5 nitrogen and oxygen atoms in total. The number of allylic oxidation sites excluding steroid dienone is 1. The van der Waals surface area contributed by atoms with Gasteiger partial charge >= 0.3 is 17.9 Å². The molecule has 0 saturated carbocycles. The monoisotopic (exact) mass is 254 g/mol. The van der Waals surface area contributed by atoms with Crippen LogP contribution in [0.5, 0.6) is 0 Å². The summed E-state index contributed by atoms with van der Waals surface area (Å²) in [6.07, 6.45) is 1.56. The van der Waals surface area contributed by atoms with Crippen molar-refractivity contribution >= 4 is 17.9 Å². The van der Waals surface area contributed by atoms with Gasteiger partial charge in [-0.2, -0.15) is 0 Å². The normalized spacial score (nSPS) is 9.67. The molecule has 0 aromatic heterocycles. The Bertz CT molecular complexity index is 378. The van der Waals surface area contributed by atoms with E-state index in [9.17, 15) is 14.4 Å². The third-order valence-corrected chi connectivity index (χ3v) is 1.65. The summed E-state index contributed by atoms with van der Waals surface area (Å²) in [4.78, 5) is 31.2. The van der Waals surface area contributed by atoms with E-state index in [1.54, 1.807) is 19.9 Å². The Balaban J connectivity index is 0. The van der Waals surface area contributed by atoms with Crippen molar-refractivity contribution in [1.82, 2.24) is 0 Å². The molecule has 5 heteroatoms. The molecule has 0 fully saturated rings. The zero-order valence-corrected chi connectivity index (χ0v) is 11.1.